The zero-order valence-electron chi connectivity index (χ0n) is 19.0. The second-order valence-electron chi connectivity index (χ2n) is 7.74. The molecule has 34 heavy (non-hydrogen) atoms. The Kier molecular flexibility index (Phi) is 6.57. The number of benzene rings is 1. The minimum atomic E-state index is -0.487. The smallest absolute Gasteiger partial charge is 0.224 e. The lowest BCUT2D eigenvalue weighted by Gasteiger charge is -2.35. The van der Waals surface area contributed by atoms with Crippen LogP contribution >= 0.6 is 0 Å². The number of hydrogen-bond acceptors (Lipinski definition) is 10. The highest BCUT2D eigenvalue weighted by molar-refractivity contribution is 5.86. The minimum absolute atomic E-state index is 0.0423. The summed E-state index contributed by atoms with van der Waals surface area (Å²) in [4.78, 5) is 44.9. The van der Waals surface area contributed by atoms with Gasteiger partial charge >= 0.3 is 0 Å². The van der Waals surface area contributed by atoms with Crippen LogP contribution in [0.5, 0.6) is 11.5 Å². The van der Waals surface area contributed by atoms with E-state index in [1.54, 1.807) is 31.4 Å². The Bertz CT molecular complexity index is 1230. The van der Waals surface area contributed by atoms with Gasteiger partial charge in [0.2, 0.25) is 17.8 Å². The van der Waals surface area contributed by atoms with Crippen LogP contribution in [-0.4, -0.2) is 77.0 Å². The highest BCUT2D eigenvalue weighted by Gasteiger charge is 2.25. The average Bonchev–Trinajstić information content (AvgIpc) is 2.86. The maximum absolute atomic E-state index is 12.3. The van der Waals surface area contributed by atoms with Crippen molar-refractivity contribution in [2.45, 2.75) is 12.8 Å². The van der Waals surface area contributed by atoms with Crippen LogP contribution in [0, 0.1) is 0 Å². The van der Waals surface area contributed by atoms with Gasteiger partial charge in [-0.3, -0.25) is 9.59 Å². The topological polar surface area (TPSA) is 163 Å². The number of fused-ring (bicyclic) bond motifs is 1. The van der Waals surface area contributed by atoms with Crippen molar-refractivity contribution in [3.63, 3.8) is 0 Å². The molecule has 3 aromatic rings. The molecule has 0 spiro atoms. The minimum Gasteiger partial charge on any atom is -0.493 e. The van der Waals surface area contributed by atoms with Crippen LogP contribution in [0.2, 0.25) is 0 Å². The lowest BCUT2D eigenvalue weighted by Crippen LogP contribution is -2.49. The summed E-state index contributed by atoms with van der Waals surface area (Å²) in [5.74, 6) is 1.25. The second-order valence-corrected chi connectivity index (χ2v) is 7.74. The number of nitrogens with zero attached hydrogens (tertiary/aromatic N) is 6. The number of carbonyl (C=O) groups is 2. The summed E-state index contributed by atoms with van der Waals surface area (Å²) in [6.45, 7) is 2.00. The van der Waals surface area contributed by atoms with E-state index in [1.807, 2.05) is 17.0 Å². The molecule has 12 heteroatoms. The van der Waals surface area contributed by atoms with Gasteiger partial charge in [0.15, 0.2) is 28.5 Å². The van der Waals surface area contributed by atoms with Crippen molar-refractivity contribution in [2.75, 3.05) is 51.0 Å². The molecular formula is C22H26N8O4. The molecule has 0 atom stereocenters. The Labute approximate surface area is 195 Å². The summed E-state index contributed by atoms with van der Waals surface area (Å²) in [5, 5.41) is 0. The van der Waals surface area contributed by atoms with Crippen molar-refractivity contribution in [3.05, 3.63) is 24.4 Å². The van der Waals surface area contributed by atoms with Gasteiger partial charge in [0, 0.05) is 44.6 Å². The monoisotopic (exact) mass is 466 g/mol. The van der Waals surface area contributed by atoms with Crippen LogP contribution in [-0.2, 0) is 9.59 Å². The zero-order chi connectivity index (χ0) is 24.2. The number of methoxy groups -OCH3 is 2. The molecule has 12 nitrogen and oxygen atoms in total. The Morgan fingerprint density at radius 2 is 1.74 bits per heavy atom. The Hall–Kier alpha value is -4.22. The summed E-state index contributed by atoms with van der Waals surface area (Å²) >= 11 is 0. The molecule has 178 valence electrons. The molecular weight excluding hydrogens is 440 g/mol. The normalized spacial score (nSPS) is 13.7. The van der Waals surface area contributed by atoms with Gasteiger partial charge in [-0.1, -0.05) is 0 Å². The van der Waals surface area contributed by atoms with E-state index < -0.39 is 5.91 Å². The average molecular weight is 467 g/mol. The number of carbonyl (C=O) groups excluding carboxylic acids is 2. The number of aromatic nitrogens is 4. The first-order valence-electron chi connectivity index (χ1n) is 10.7. The van der Waals surface area contributed by atoms with Crippen molar-refractivity contribution in [3.8, 4) is 22.8 Å². The fourth-order valence-electron chi connectivity index (χ4n) is 3.82. The first-order valence-corrected chi connectivity index (χ1v) is 10.7. The predicted octanol–water partition coefficient (Wildman–Crippen LogP) is 0.600. The molecule has 1 fully saturated rings. The third kappa shape index (κ3) is 4.75. The first-order chi connectivity index (χ1) is 16.4. The summed E-state index contributed by atoms with van der Waals surface area (Å²) in [6.07, 6.45) is 1.77. The molecule has 0 bridgehead atoms. The zero-order valence-corrected chi connectivity index (χ0v) is 19.0. The third-order valence-corrected chi connectivity index (χ3v) is 5.60. The van der Waals surface area contributed by atoms with E-state index in [4.69, 9.17) is 25.9 Å². The van der Waals surface area contributed by atoms with Crippen molar-refractivity contribution in [1.82, 2.24) is 24.8 Å². The summed E-state index contributed by atoms with van der Waals surface area (Å²) in [6, 6.07) is 5.49. The molecule has 0 saturated carbocycles. The van der Waals surface area contributed by atoms with Gasteiger partial charge in [-0.2, -0.15) is 9.97 Å². The number of nitrogen functional groups attached to an aromatic ring is 1. The first kappa shape index (κ1) is 23.0. The number of ether oxygens (including phenoxy) is 2. The molecule has 4 N–H and O–H groups in total. The van der Waals surface area contributed by atoms with Crippen molar-refractivity contribution < 1.29 is 19.1 Å². The summed E-state index contributed by atoms with van der Waals surface area (Å²) in [5.41, 5.74) is 13.4. The molecule has 4 rings (SSSR count). The van der Waals surface area contributed by atoms with Gasteiger partial charge < -0.3 is 30.7 Å². The maximum atomic E-state index is 12.3. The lowest BCUT2D eigenvalue weighted by molar-refractivity contribution is -0.133. The number of nitrogens with two attached hydrogens (primary N) is 2. The van der Waals surface area contributed by atoms with Crippen molar-refractivity contribution >= 4 is 34.7 Å². The quantitative estimate of drug-likeness (QED) is 0.504. The number of anilines is 2. The predicted molar refractivity (Wildman–Crippen MR) is 125 cm³/mol. The van der Waals surface area contributed by atoms with Gasteiger partial charge in [0.25, 0.3) is 0 Å². The van der Waals surface area contributed by atoms with Crippen molar-refractivity contribution in [2.24, 2.45) is 5.73 Å². The van der Waals surface area contributed by atoms with Crippen LogP contribution < -0.4 is 25.8 Å². The molecule has 1 aromatic carbocycles. The van der Waals surface area contributed by atoms with E-state index in [9.17, 15) is 9.59 Å². The van der Waals surface area contributed by atoms with E-state index >= 15 is 0 Å². The van der Waals surface area contributed by atoms with Crippen LogP contribution in [0.3, 0.4) is 0 Å². The highest BCUT2D eigenvalue weighted by Crippen LogP contribution is 2.32. The number of amides is 2. The molecule has 1 aliphatic rings. The van der Waals surface area contributed by atoms with E-state index in [1.165, 1.54) is 0 Å². The fraction of sp³-hybridized carbons (Fsp3) is 0.364. The van der Waals surface area contributed by atoms with Gasteiger partial charge in [-0.15, -0.1) is 0 Å². The molecule has 1 saturated heterocycles. The molecule has 3 heterocycles. The van der Waals surface area contributed by atoms with E-state index in [0.717, 1.165) is 5.56 Å². The van der Waals surface area contributed by atoms with E-state index in [-0.39, 0.29) is 24.7 Å². The van der Waals surface area contributed by atoms with E-state index in [0.29, 0.717) is 60.4 Å². The highest BCUT2D eigenvalue weighted by atomic mass is 16.5. The van der Waals surface area contributed by atoms with Gasteiger partial charge in [0.1, 0.15) is 0 Å². The third-order valence-electron chi connectivity index (χ3n) is 5.60. The molecule has 0 unspecified atom stereocenters. The number of hydrogen-bond donors (Lipinski definition) is 2. The lowest BCUT2D eigenvalue weighted by atomic mass is 10.1. The fourth-order valence-corrected chi connectivity index (χ4v) is 3.82. The van der Waals surface area contributed by atoms with Crippen molar-refractivity contribution in [1.29, 1.82) is 0 Å². The van der Waals surface area contributed by atoms with Crippen LogP contribution in [0.1, 0.15) is 12.8 Å². The Morgan fingerprint density at radius 3 is 2.41 bits per heavy atom. The largest absolute Gasteiger partial charge is 0.493 e. The van der Waals surface area contributed by atoms with Crippen LogP contribution in [0.15, 0.2) is 24.4 Å². The number of primary amides is 1. The number of rotatable bonds is 7. The molecule has 0 radical (unpaired) electrons. The van der Waals surface area contributed by atoms with Gasteiger partial charge in [0.05, 0.1) is 26.1 Å². The maximum Gasteiger partial charge on any atom is 0.224 e. The standard InChI is InChI=1S/C22H26N8O4/c1-33-15-4-3-13(11-16(15)34-2)14-12-25-20-19(26-14)21(28-22(24)27-20)30-9-7-29(8-10-30)18(32)6-5-17(23)31/h3-4,11-12H,5-10H2,1-2H3,(H2,23,31)(H2,24,25,27,28). The molecule has 2 amide bonds. The summed E-state index contributed by atoms with van der Waals surface area (Å²) in [7, 11) is 3.15. The van der Waals surface area contributed by atoms with Crippen LogP contribution in [0.4, 0.5) is 11.8 Å². The van der Waals surface area contributed by atoms with Gasteiger partial charge in [-0.05, 0) is 18.2 Å². The second kappa shape index (κ2) is 9.73. The molecule has 1 aliphatic heterocycles. The van der Waals surface area contributed by atoms with E-state index in [2.05, 4.69) is 15.0 Å². The van der Waals surface area contributed by atoms with Crippen LogP contribution in [0.25, 0.3) is 22.4 Å². The Morgan fingerprint density at radius 1 is 1.00 bits per heavy atom. The molecule has 0 aliphatic carbocycles. The molecule has 2 aromatic heterocycles. The van der Waals surface area contributed by atoms with Gasteiger partial charge in [-0.25, -0.2) is 9.97 Å². The summed E-state index contributed by atoms with van der Waals surface area (Å²) < 4.78 is 10.7. The number of piperazine rings is 1. The SMILES string of the molecule is COc1ccc(-c2cnc3nc(N)nc(N4CCN(C(=O)CCC(N)=O)CC4)c3n2)cc1OC. The Balaban J connectivity index is 1.61.